The van der Waals surface area contributed by atoms with E-state index in [1.807, 2.05) is 6.92 Å². The predicted molar refractivity (Wildman–Crippen MR) is 61.9 cm³/mol. The van der Waals surface area contributed by atoms with Gasteiger partial charge in [0.2, 0.25) is 5.91 Å². The highest BCUT2D eigenvalue weighted by Crippen LogP contribution is 2.30. The van der Waals surface area contributed by atoms with Crippen LogP contribution in [0.5, 0.6) is 0 Å². The Kier molecular flexibility index (Phi) is 3.26. The number of carbonyl (C=O) groups excluding carboxylic acids is 1. The molecule has 1 amide bonds. The lowest BCUT2D eigenvalue weighted by Crippen LogP contribution is -2.25. The van der Waals surface area contributed by atoms with Gasteiger partial charge in [-0.25, -0.2) is 8.78 Å². The van der Waals surface area contributed by atoms with Crippen molar-refractivity contribution in [3.8, 4) is 0 Å². The quantitative estimate of drug-likeness (QED) is 0.834. The molecule has 2 rings (SSSR count). The van der Waals surface area contributed by atoms with E-state index < -0.39 is 11.6 Å². The van der Waals surface area contributed by atoms with E-state index in [1.165, 1.54) is 6.07 Å². The first-order valence-electron chi connectivity index (χ1n) is 5.65. The molecule has 2 N–H and O–H groups in total. The van der Waals surface area contributed by atoms with Crippen molar-refractivity contribution < 1.29 is 13.6 Å². The van der Waals surface area contributed by atoms with E-state index in [0.717, 1.165) is 18.9 Å². The Labute approximate surface area is 98.2 Å². The number of anilines is 2. The molecule has 1 heterocycles. The SMILES string of the molecule is CCCC1CNc2cc(F)cc(F)c2NC1=O. The number of nitrogens with one attached hydrogen (secondary N) is 2. The second-order valence-electron chi connectivity index (χ2n) is 4.17. The summed E-state index contributed by atoms with van der Waals surface area (Å²) in [6, 6.07) is 1.95. The van der Waals surface area contributed by atoms with Crippen molar-refractivity contribution in [2.24, 2.45) is 5.92 Å². The lowest BCUT2D eigenvalue weighted by molar-refractivity contribution is -0.119. The Bertz CT molecular complexity index is 448. The molecule has 0 radical (unpaired) electrons. The number of rotatable bonds is 2. The minimum absolute atomic E-state index is 0.0370. The highest BCUT2D eigenvalue weighted by molar-refractivity contribution is 5.97. The zero-order chi connectivity index (χ0) is 12.4. The standard InChI is InChI=1S/C12H14F2N2O/c1-2-3-7-6-15-10-5-8(13)4-9(14)11(10)16-12(7)17/h4-5,7,15H,2-3,6H2,1H3,(H,16,17). The number of benzene rings is 1. The van der Waals surface area contributed by atoms with Gasteiger partial charge in [0, 0.05) is 12.6 Å². The van der Waals surface area contributed by atoms with E-state index in [4.69, 9.17) is 0 Å². The van der Waals surface area contributed by atoms with Gasteiger partial charge in [-0.05, 0) is 12.5 Å². The number of amides is 1. The van der Waals surface area contributed by atoms with Crippen LogP contribution in [0, 0.1) is 17.6 Å². The van der Waals surface area contributed by atoms with Gasteiger partial charge in [0.15, 0.2) is 5.82 Å². The van der Waals surface area contributed by atoms with Crippen molar-refractivity contribution in [3.63, 3.8) is 0 Å². The van der Waals surface area contributed by atoms with Crippen LogP contribution in [-0.4, -0.2) is 12.5 Å². The Morgan fingerprint density at radius 1 is 1.41 bits per heavy atom. The molecule has 0 aromatic heterocycles. The van der Waals surface area contributed by atoms with Crippen LogP contribution in [0.4, 0.5) is 20.2 Å². The van der Waals surface area contributed by atoms with Gasteiger partial charge in [-0.1, -0.05) is 13.3 Å². The van der Waals surface area contributed by atoms with E-state index >= 15 is 0 Å². The lowest BCUT2D eigenvalue weighted by atomic mass is 10.0. The minimum Gasteiger partial charge on any atom is -0.382 e. The molecular formula is C12H14F2N2O. The molecule has 0 fully saturated rings. The minimum atomic E-state index is -0.752. The van der Waals surface area contributed by atoms with Crippen LogP contribution < -0.4 is 10.6 Å². The highest BCUT2D eigenvalue weighted by Gasteiger charge is 2.24. The Morgan fingerprint density at radius 2 is 2.18 bits per heavy atom. The third-order valence-electron chi connectivity index (χ3n) is 2.85. The number of halogens is 2. The van der Waals surface area contributed by atoms with Crippen LogP contribution >= 0.6 is 0 Å². The van der Waals surface area contributed by atoms with Crippen LogP contribution in [0.15, 0.2) is 12.1 Å². The van der Waals surface area contributed by atoms with Gasteiger partial charge in [-0.2, -0.15) is 0 Å². The summed E-state index contributed by atoms with van der Waals surface area (Å²) in [6.45, 7) is 2.38. The largest absolute Gasteiger partial charge is 0.382 e. The van der Waals surface area contributed by atoms with E-state index in [9.17, 15) is 13.6 Å². The van der Waals surface area contributed by atoms with Crippen LogP contribution in [0.25, 0.3) is 0 Å². The van der Waals surface area contributed by atoms with Crippen molar-refractivity contribution >= 4 is 17.3 Å². The third kappa shape index (κ3) is 2.38. The summed E-state index contributed by atoms with van der Waals surface area (Å²) in [6.07, 6.45) is 1.59. The third-order valence-corrected chi connectivity index (χ3v) is 2.85. The van der Waals surface area contributed by atoms with Gasteiger partial charge in [0.1, 0.15) is 11.5 Å². The molecule has 3 nitrogen and oxygen atoms in total. The van der Waals surface area contributed by atoms with Gasteiger partial charge in [0.05, 0.1) is 11.6 Å². The van der Waals surface area contributed by atoms with Crippen LogP contribution in [-0.2, 0) is 4.79 Å². The van der Waals surface area contributed by atoms with E-state index in [1.54, 1.807) is 0 Å². The van der Waals surface area contributed by atoms with Gasteiger partial charge >= 0.3 is 0 Å². The molecule has 0 aliphatic carbocycles. The first-order valence-corrected chi connectivity index (χ1v) is 5.65. The fourth-order valence-corrected chi connectivity index (χ4v) is 1.97. The van der Waals surface area contributed by atoms with E-state index in [-0.39, 0.29) is 17.5 Å². The molecule has 1 aliphatic rings. The highest BCUT2D eigenvalue weighted by atomic mass is 19.1. The molecule has 0 saturated heterocycles. The molecule has 1 aromatic rings. The number of carbonyl (C=O) groups is 1. The smallest absolute Gasteiger partial charge is 0.229 e. The maximum absolute atomic E-state index is 13.5. The fourth-order valence-electron chi connectivity index (χ4n) is 1.97. The lowest BCUT2D eigenvalue weighted by Gasteiger charge is -2.11. The first-order chi connectivity index (χ1) is 8.11. The first kappa shape index (κ1) is 11.8. The topological polar surface area (TPSA) is 41.1 Å². The maximum atomic E-state index is 13.5. The van der Waals surface area contributed by atoms with Crippen molar-refractivity contribution in [3.05, 3.63) is 23.8 Å². The zero-order valence-electron chi connectivity index (χ0n) is 9.52. The number of hydrogen-bond donors (Lipinski definition) is 2. The Morgan fingerprint density at radius 3 is 2.88 bits per heavy atom. The molecular weight excluding hydrogens is 226 g/mol. The molecule has 1 unspecified atom stereocenters. The molecule has 17 heavy (non-hydrogen) atoms. The number of fused-ring (bicyclic) bond motifs is 1. The Balaban J connectivity index is 2.31. The van der Waals surface area contributed by atoms with Gasteiger partial charge in [-0.15, -0.1) is 0 Å². The summed E-state index contributed by atoms with van der Waals surface area (Å²) in [7, 11) is 0. The van der Waals surface area contributed by atoms with Crippen LogP contribution in [0.3, 0.4) is 0 Å². The molecule has 5 heteroatoms. The molecule has 1 aliphatic heterocycles. The van der Waals surface area contributed by atoms with Crippen molar-refractivity contribution in [1.29, 1.82) is 0 Å². The molecule has 1 atom stereocenters. The fraction of sp³-hybridized carbons (Fsp3) is 0.417. The normalized spacial score (nSPS) is 19.0. The monoisotopic (exact) mass is 240 g/mol. The molecule has 0 spiro atoms. The summed E-state index contributed by atoms with van der Waals surface area (Å²) < 4.78 is 26.5. The summed E-state index contributed by atoms with van der Waals surface area (Å²) in [4.78, 5) is 11.8. The molecule has 1 aromatic carbocycles. The molecule has 92 valence electrons. The summed E-state index contributed by atoms with van der Waals surface area (Å²) >= 11 is 0. The predicted octanol–water partition coefficient (Wildman–Crippen LogP) is 2.75. The maximum Gasteiger partial charge on any atom is 0.229 e. The second-order valence-corrected chi connectivity index (χ2v) is 4.17. The molecule has 0 bridgehead atoms. The van der Waals surface area contributed by atoms with Crippen LogP contribution in [0.1, 0.15) is 19.8 Å². The van der Waals surface area contributed by atoms with Crippen molar-refractivity contribution in [2.45, 2.75) is 19.8 Å². The van der Waals surface area contributed by atoms with Crippen molar-refractivity contribution in [2.75, 3.05) is 17.2 Å². The second kappa shape index (κ2) is 4.69. The Hall–Kier alpha value is -1.65. The summed E-state index contributed by atoms with van der Waals surface area (Å²) in [5, 5.41) is 5.42. The van der Waals surface area contributed by atoms with E-state index in [0.29, 0.717) is 12.2 Å². The van der Waals surface area contributed by atoms with Gasteiger partial charge in [0.25, 0.3) is 0 Å². The average Bonchev–Trinajstić information content (AvgIpc) is 2.41. The summed E-state index contributed by atoms with van der Waals surface area (Å²) in [5.41, 5.74) is 0.337. The van der Waals surface area contributed by atoms with Crippen molar-refractivity contribution in [1.82, 2.24) is 0 Å². The number of hydrogen-bond acceptors (Lipinski definition) is 2. The van der Waals surface area contributed by atoms with Crippen LogP contribution in [0.2, 0.25) is 0 Å². The zero-order valence-corrected chi connectivity index (χ0v) is 9.52. The average molecular weight is 240 g/mol. The summed E-state index contributed by atoms with van der Waals surface area (Å²) in [5.74, 6) is -1.84. The van der Waals surface area contributed by atoms with Gasteiger partial charge < -0.3 is 10.6 Å². The molecule has 0 saturated carbocycles. The van der Waals surface area contributed by atoms with Gasteiger partial charge in [-0.3, -0.25) is 4.79 Å². The van der Waals surface area contributed by atoms with E-state index in [2.05, 4.69) is 10.6 Å².